The molecular formula is C31H40O7. The Labute approximate surface area is 225 Å². The van der Waals surface area contributed by atoms with Crippen molar-refractivity contribution >= 4 is 0 Å². The normalized spacial score (nSPS) is 23.1. The van der Waals surface area contributed by atoms with Gasteiger partial charge in [0.2, 0.25) is 0 Å². The van der Waals surface area contributed by atoms with Gasteiger partial charge in [-0.05, 0) is 38.0 Å². The minimum Gasteiger partial charge on any atom is -0.494 e. The van der Waals surface area contributed by atoms with Crippen molar-refractivity contribution in [2.24, 2.45) is 5.92 Å². The van der Waals surface area contributed by atoms with Crippen molar-refractivity contribution in [3.8, 4) is 11.5 Å². The third-order valence-corrected chi connectivity index (χ3v) is 6.92. The summed E-state index contributed by atoms with van der Waals surface area (Å²) < 4.78 is 30.2. The highest BCUT2D eigenvalue weighted by Crippen LogP contribution is 2.40. The highest BCUT2D eigenvalue weighted by Gasteiger charge is 2.41. The lowest BCUT2D eigenvalue weighted by atomic mass is 9.81. The smallest absolute Gasteiger partial charge is 0.129 e. The zero-order valence-corrected chi connectivity index (χ0v) is 22.8. The van der Waals surface area contributed by atoms with Gasteiger partial charge < -0.3 is 33.9 Å². The molecule has 1 heterocycles. The Balaban J connectivity index is 1.56. The Kier molecular flexibility index (Phi) is 9.49. The minimum absolute atomic E-state index is 0.0212. The van der Waals surface area contributed by atoms with E-state index in [0.29, 0.717) is 42.5 Å². The highest BCUT2D eigenvalue weighted by molar-refractivity contribution is 5.42. The third-order valence-electron chi connectivity index (χ3n) is 6.92. The molecule has 7 heteroatoms. The van der Waals surface area contributed by atoms with Crippen molar-refractivity contribution in [2.75, 3.05) is 26.9 Å². The molecule has 0 saturated carbocycles. The fourth-order valence-electron chi connectivity index (χ4n) is 4.91. The molecule has 0 saturated heterocycles. The van der Waals surface area contributed by atoms with Crippen LogP contribution < -0.4 is 9.47 Å². The molecule has 2 aliphatic rings. The molecule has 1 aliphatic heterocycles. The Morgan fingerprint density at radius 1 is 1.08 bits per heavy atom. The predicted octanol–water partition coefficient (Wildman–Crippen LogP) is 5.12. The molecule has 0 spiro atoms. The van der Waals surface area contributed by atoms with Gasteiger partial charge in [0, 0.05) is 30.7 Å². The molecule has 0 fully saturated rings. The summed E-state index contributed by atoms with van der Waals surface area (Å²) in [4.78, 5) is 0. The van der Waals surface area contributed by atoms with Crippen LogP contribution in [0.5, 0.6) is 11.5 Å². The van der Waals surface area contributed by atoms with Crippen molar-refractivity contribution < 1.29 is 33.9 Å². The second-order valence-corrected chi connectivity index (χ2v) is 10.3. The Hall–Kier alpha value is -2.84. The molecule has 0 bridgehead atoms. The van der Waals surface area contributed by atoms with Gasteiger partial charge in [-0.2, -0.15) is 0 Å². The van der Waals surface area contributed by atoms with E-state index in [2.05, 4.69) is 6.92 Å². The summed E-state index contributed by atoms with van der Waals surface area (Å²) in [5.74, 6) is 1.46. The Bertz CT molecular complexity index is 1110. The minimum atomic E-state index is -0.972. The molecule has 2 aromatic rings. The van der Waals surface area contributed by atoms with Crippen molar-refractivity contribution in [3.05, 3.63) is 83.1 Å². The molecule has 0 aromatic heterocycles. The average Bonchev–Trinajstić information content (AvgIpc) is 2.92. The maximum atomic E-state index is 11.2. The van der Waals surface area contributed by atoms with E-state index in [1.54, 1.807) is 7.11 Å². The number of ether oxygens (including phenoxy) is 5. The first-order chi connectivity index (χ1) is 18.3. The van der Waals surface area contributed by atoms with E-state index in [4.69, 9.17) is 23.7 Å². The van der Waals surface area contributed by atoms with Crippen LogP contribution in [0, 0.1) is 5.92 Å². The van der Waals surface area contributed by atoms with Crippen LogP contribution in [0.3, 0.4) is 0 Å². The Morgan fingerprint density at radius 3 is 2.58 bits per heavy atom. The molecule has 206 valence electrons. The summed E-state index contributed by atoms with van der Waals surface area (Å²) in [6.07, 6.45) is 4.07. The molecule has 1 aliphatic carbocycles. The predicted molar refractivity (Wildman–Crippen MR) is 145 cm³/mol. The molecule has 2 N–H and O–H groups in total. The number of rotatable bonds is 12. The first-order valence-electron chi connectivity index (χ1n) is 13.3. The van der Waals surface area contributed by atoms with Gasteiger partial charge in [0.05, 0.1) is 36.9 Å². The van der Waals surface area contributed by atoms with E-state index >= 15 is 0 Å². The lowest BCUT2D eigenvalue weighted by molar-refractivity contribution is -0.0870. The number of aliphatic hydroxyl groups is 2. The van der Waals surface area contributed by atoms with E-state index in [1.807, 2.05) is 74.5 Å². The molecule has 0 radical (unpaired) electrons. The van der Waals surface area contributed by atoms with Gasteiger partial charge in [0.15, 0.2) is 0 Å². The van der Waals surface area contributed by atoms with E-state index in [-0.39, 0.29) is 31.3 Å². The van der Waals surface area contributed by atoms with Gasteiger partial charge in [-0.15, -0.1) is 0 Å². The monoisotopic (exact) mass is 524 g/mol. The molecule has 7 nitrogen and oxygen atoms in total. The summed E-state index contributed by atoms with van der Waals surface area (Å²) in [5, 5.41) is 21.5. The molecule has 4 rings (SSSR count). The van der Waals surface area contributed by atoms with Gasteiger partial charge >= 0.3 is 0 Å². The van der Waals surface area contributed by atoms with Crippen LogP contribution in [0.25, 0.3) is 0 Å². The summed E-state index contributed by atoms with van der Waals surface area (Å²) in [6.45, 7) is 6.87. The zero-order chi connectivity index (χ0) is 27.1. The third kappa shape index (κ3) is 6.77. The highest BCUT2D eigenvalue weighted by atomic mass is 16.5. The molecule has 4 unspecified atom stereocenters. The average molecular weight is 525 g/mol. The summed E-state index contributed by atoms with van der Waals surface area (Å²) >= 11 is 0. The van der Waals surface area contributed by atoms with Crippen LogP contribution in [0.4, 0.5) is 0 Å². The van der Waals surface area contributed by atoms with Gasteiger partial charge in [0.1, 0.15) is 36.6 Å². The van der Waals surface area contributed by atoms with Crippen LogP contribution in [-0.2, 0) is 20.8 Å². The lowest BCUT2D eigenvalue weighted by Crippen LogP contribution is -2.44. The van der Waals surface area contributed by atoms with Crippen LogP contribution in [0.2, 0.25) is 0 Å². The van der Waals surface area contributed by atoms with Crippen LogP contribution in [0.15, 0.2) is 72.0 Å². The fraction of sp³-hybridized carbons (Fsp3) is 0.484. The standard InChI is InChI=1S/C31H40O7/c1-5-15-35-22-11-12-23(28(16-22)36-19-21-9-7-6-8-10-21)26(33)20-37-30-24-13-14-31(2,3)38-29(24)17-27(34-4)25(30)18-32/h6-14,16,25-27,29,32-33H,5,15,17-20H2,1-4H3. The SMILES string of the molecule is CCCOc1ccc(C(O)COC2=C3C=CC(C)(C)OC3CC(OC)C2CO)c(OCc2ccccc2)c1. The number of hydrogen-bond acceptors (Lipinski definition) is 7. The van der Waals surface area contributed by atoms with Gasteiger partial charge in [-0.25, -0.2) is 0 Å². The molecular weight excluding hydrogens is 484 g/mol. The van der Waals surface area contributed by atoms with Gasteiger partial charge in [0.25, 0.3) is 0 Å². The summed E-state index contributed by atoms with van der Waals surface area (Å²) in [6, 6.07) is 15.3. The first-order valence-corrected chi connectivity index (χ1v) is 13.3. The van der Waals surface area contributed by atoms with Crippen LogP contribution in [-0.4, -0.2) is 55.0 Å². The topological polar surface area (TPSA) is 86.6 Å². The number of methoxy groups -OCH3 is 1. The number of fused-ring (bicyclic) bond motifs is 1. The Morgan fingerprint density at radius 2 is 1.87 bits per heavy atom. The van der Waals surface area contributed by atoms with Crippen LogP contribution >= 0.6 is 0 Å². The van der Waals surface area contributed by atoms with Gasteiger partial charge in [-0.1, -0.05) is 49.4 Å². The maximum absolute atomic E-state index is 11.2. The van der Waals surface area contributed by atoms with Gasteiger partial charge in [-0.3, -0.25) is 0 Å². The van der Waals surface area contributed by atoms with Crippen LogP contribution in [0.1, 0.15) is 50.8 Å². The molecule has 0 amide bonds. The van der Waals surface area contributed by atoms with E-state index in [9.17, 15) is 10.2 Å². The maximum Gasteiger partial charge on any atom is 0.129 e. The number of aliphatic hydroxyl groups excluding tert-OH is 2. The summed E-state index contributed by atoms with van der Waals surface area (Å²) in [5.41, 5.74) is 2.10. The number of benzene rings is 2. The quantitative estimate of drug-likeness (QED) is 0.399. The van der Waals surface area contributed by atoms with E-state index < -0.39 is 11.7 Å². The van der Waals surface area contributed by atoms with Crippen molar-refractivity contribution in [1.82, 2.24) is 0 Å². The first kappa shape index (κ1) is 28.2. The molecule has 38 heavy (non-hydrogen) atoms. The molecule has 4 atom stereocenters. The van der Waals surface area contributed by atoms with Crippen molar-refractivity contribution in [1.29, 1.82) is 0 Å². The van der Waals surface area contributed by atoms with Crippen molar-refractivity contribution in [3.63, 3.8) is 0 Å². The van der Waals surface area contributed by atoms with Crippen molar-refractivity contribution in [2.45, 2.75) is 64.1 Å². The van der Waals surface area contributed by atoms with E-state index in [1.165, 1.54) is 0 Å². The second-order valence-electron chi connectivity index (χ2n) is 10.3. The largest absolute Gasteiger partial charge is 0.494 e. The lowest BCUT2D eigenvalue weighted by Gasteiger charge is -2.42. The van der Waals surface area contributed by atoms with E-state index in [0.717, 1.165) is 17.6 Å². The zero-order valence-electron chi connectivity index (χ0n) is 22.8. The second kappa shape index (κ2) is 12.8. The number of hydrogen-bond donors (Lipinski definition) is 2. The molecule has 2 aromatic carbocycles. The fourth-order valence-corrected chi connectivity index (χ4v) is 4.91. The summed E-state index contributed by atoms with van der Waals surface area (Å²) in [7, 11) is 1.63.